The van der Waals surface area contributed by atoms with E-state index in [-0.39, 0.29) is 17.9 Å². The Morgan fingerprint density at radius 3 is 2.45 bits per heavy atom. The van der Waals surface area contributed by atoms with Crippen molar-refractivity contribution in [2.45, 2.75) is 79.3 Å². The third-order valence-electron chi connectivity index (χ3n) is 7.17. The van der Waals surface area contributed by atoms with E-state index in [0.29, 0.717) is 59.0 Å². The largest absolute Gasteiger partial charge is 0.480 e. The van der Waals surface area contributed by atoms with E-state index in [2.05, 4.69) is 24.9 Å². The molecule has 1 aliphatic carbocycles. The molecule has 1 aliphatic rings. The number of nitrogens with zero attached hydrogens (tertiary/aromatic N) is 6. The first-order valence-electron chi connectivity index (χ1n) is 14.0. The second-order valence-corrected chi connectivity index (χ2v) is 10.5. The summed E-state index contributed by atoms with van der Waals surface area (Å²) in [7, 11) is 1.54. The molecule has 3 heterocycles. The summed E-state index contributed by atoms with van der Waals surface area (Å²) in [6, 6.07) is 3.04. The number of halogens is 3. The lowest BCUT2D eigenvalue weighted by Crippen LogP contribution is -2.22. The van der Waals surface area contributed by atoms with Crippen LogP contribution in [0.5, 0.6) is 11.8 Å². The summed E-state index contributed by atoms with van der Waals surface area (Å²) < 4.78 is 54.8. The Kier molecular flexibility index (Phi) is 9.48. The molecule has 4 rings (SSSR count). The summed E-state index contributed by atoms with van der Waals surface area (Å²) >= 11 is 0. The summed E-state index contributed by atoms with van der Waals surface area (Å²) in [5.74, 6) is -2.17. The second kappa shape index (κ2) is 12.9. The molecule has 0 N–H and O–H groups in total. The summed E-state index contributed by atoms with van der Waals surface area (Å²) in [4.78, 5) is 23.9. The minimum Gasteiger partial charge on any atom is -0.480 e. The standard InChI is InChI=1S/C31H37F3N6O2/c1-8-18(3)28(40(9-2)15-19(4)31(6,33)34)27-23(32)13-21(14-35-27)16-42-24-12-20(5)38-29(39-24)25-26(22-10-11-22)36-17-37-30(25)41-7/h12-15,17,22H,8-11,16H2,1-7H3/b19-15+,28-18?. The van der Waals surface area contributed by atoms with Crippen LogP contribution in [0.15, 0.2) is 42.0 Å². The van der Waals surface area contributed by atoms with Crippen LogP contribution >= 0.6 is 0 Å². The number of alkyl halides is 2. The van der Waals surface area contributed by atoms with Crippen molar-refractivity contribution in [1.82, 2.24) is 29.8 Å². The Balaban J connectivity index is 1.60. The molecule has 0 saturated heterocycles. The van der Waals surface area contributed by atoms with Crippen molar-refractivity contribution >= 4 is 5.70 Å². The van der Waals surface area contributed by atoms with Crippen LogP contribution < -0.4 is 9.47 Å². The average Bonchev–Trinajstić information content (AvgIpc) is 3.80. The van der Waals surface area contributed by atoms with Crippen molar-refractivity contribution < 1.29 is 22.6 Å². The molecule has 0 aromatic carbocycles. The van der Waals surface area contributed by atoms with Crippen LogP contribution in [-0.2, 0) is 6.61 Å². The number of hydrogen-bond acceptors (Lipinski definition) is 8. The minimum absolute atomic E-state index is 0.00235. The molecule has 42 heavy (non-hydrogen) atoms. The van der Waals surface area contributed by atoms with Gasteiger partial charge in [-0.25, -0.2) is 28.1 Å². The molecule has 11 heteroatoms. The topological polar surface area (TPSA) is 86.2 Å². The first-order chi connectivity index (χ1) is 20.0. The van der Waals surface area contributed by atoms with Crippen molar-refractivity contribution in [3.63, 3.8) is 0 Å². The molecule has 224 valence electrons. The number of rotatable bonds is 12. The Morgan fingerprint density at radius 1 is 1.12 bits per heavy atom. The maximum absolute atomic E-state index is 15.5. The van der Waals surface area contributed by atoms with E-state index >= 15 is 4.39 Å². The monoisotopic (exact) mass is 582 g/mol. The third-order valence-corrected chi connectivity index (χ3v) is 7.17. The number of aryl methyl sites for hydroxylation is 1. The number of allylic oxidation sites excluding steroid dienone is 2. The van der Waals surface area contributed by atoms with Gasteiger partial charge in [0.1, 0.15) is 24.2 Å². The van der Waals surface area contributed by atoms with Crippen LogP contribution in [0.3, 0.4) is 0 Å². The highest BCUT2D eigenvalue weighted by Gasteiger charge is 2.31. The van der Waals surface area contributed by atoms with E-state index in [1.165, 1.54) is 31.7 Å². The van der Waals surface area contributed by atoms with Crippen molar-refractivity contribution in [3.05, 3.63) is 70.5 Å². The fourth-order valence-corrected chi connectivity index (χ4v) is 4.44. The van der Waals surface area contributed by atoms with E-state index in [1.54, 1.807) is 18.1 Å². The van der Waals surface area contributed by atoms with Gasteiger partial charge in [0.15, 0.2) is 11.6 Å². The van der Waals surface area contributed by atoms with Gasteiger partial charge < -0.3 is 14.4 Å². The molecule has 0 radical (unpaired) electrons. The Bertz CT molecular complexity index is 1500. The van der Waals surface area contributed by atoms with E-state index in [4.69, 9.17) is 9.47 Å². The summed E-state index contributed by atoms with van der Waals surface area (Å²) in [6.45, 7) is 9.99. The van der Waals surface area contributed by atoms with Crippen LogP contribution in [-0.4, -0.2) is 49.4 Å². The first-order valence-corrected chi connectivity index (χ1v) is 14.0. The van der Waals surface area contributed by atoms with Gasteiger partial charge in [-0.1, -0.05) is 6.92 Å². The van der Waals surface area contributed by atoms with E-state index in [9.17, 15) is 8.78 Å². The second-order valence-electron chi connectivity index (χ2n) is 10.5. The molecule has 3 aromatic rings. The van der Waals surface area contributed by atoms with Crippen LogP contribution in [0.2, 0.25) is 0 Å². The molecule has 0 bridgehead atoms. The lowest BCUT2D eigenvalue weighted by atomic mass is 10.1. The smallest absolute Gasteiger partial charge is 0.268 e. The molecule has 1 saturated carbocycles. The Labute approximate surface area is 244 Å². The van der Waals surface area contributed by atoms with Gasteiger partial charge in [0.25, 0.3) is 5.92 Å². The van der Waals surface area contributed by atoms with Gasteiger partial charge >= 0.3 is 0 Å². The van der Waals surface area contributed by atoms with Gasteiger partial charge in [-0.15, -0.1) is 0 Å². The third kappa shape index (κ3) is 7.06. The molecule has 8 nitrogen and oxygen atoms in total. The fourth-order valence-electron chi connectivity index (χ4n) is 4.44. The van der Waals surface area contributed by atoms with E-state index < -0.39 is 11.7 Å². The normalized spacial score (nSPS) is 14.5. The predicted molar refractivity (Wildman–Crippen MR) is 154 cm³/mol. The van der Waals surface area contributed by atoms with Crippen molar-refractivity contribution in [2.75, 3.05) is 13.7 Å². The molecule has 3 aromatic heterocycles. The predicted octanol–water partition coefficient (Wildman–Crippen LogP) is 7.26. The van der Waals surface area contributed by atoms with E-state index in [0.717, 1.165) is 31.0 Å². The number of hydrogen-bond donors (Lipinski definition) is 0. The molecular weight excluding hydrogens is 545 g/mol. The van der Waals surface area contributed by atoms with Gasteiger partial charge in [0, 0.05) is 54.7 Å². The lowest BCUT2D eigenvalue weighted by Gasteiger charge is -2.26. The molecule has 0 unspecified atom stereocenters. The molecule has 0 atom stereocenters. The Hall–Kier alpha value is -4.02. The van der Waals surface area contributed by atoms with Gasteiger partial charge in [-0.2, -0.15) is 4.98 Å². The highest BCUT2D eigenvalue weighted by Crippen LogP contribution is 2.45. The number of ether oxygens (including phenoxy) is 2. The quantitative estimate of drug-likeness (QED) is 0.221. The molecule has 0 aliphatic heterocycles. The van der Waals surface area contributed by atoms with Gasteiger partial charge in [-0.3, -0.25) is 4.98 Å². The number of methoxy groups -OCH3 is 1. The lowest BCUT2D eigenvalue weighted by molar-refractivity contribution is 0.0620. The molecule has 1 fully saturated rings. The van der Waals surface area contributed by atoms with Crippen molar-refractivity contribution in [2.24, 2.45) is 0 Å². The van der Waals surface area contributed by atoms with Gasteiger partial charge in [-0.05, 0) is 58.6 Å². The van der Waals surface area contributed by atoms with Crippen LogP contribution in [0, 0.1) is 12.7 Å². The Morgan fingerprint density at radius 2 is 1.86 bits per heavy atom. The molecule has 0 amide bonds. The van der Waals surface area contributed by atoms with Crippen LogP contribution in [0.25, 0.3) is 17.1 Å². The SMILES string of the molecule is CCC(C)=C(c1ncc(COc2cc(C)nc(-c3c(OC)ncnc3C3CC3)n2)cc1F)N(/C=C(\C)C(C)(F)F)CC. The van der Waals surface area contributed by atoms with E-state index in [1.807, 2.05) is 27.7 Å². The average molecular weight is 583 g/mol. The minimum atomic E-state index is -3.00. The van der Waals surface area contributed by atoms with Crippen LogP contribution in [0.1, 0.15) is 82.4 Å². The van der Waals surface area contributed by atoms with Crippen molar-refractivity contribution in [3.8, 4) is 23.1 Å². The summed E-state index contributed by atoms with van der Waals surface area (Å²) in [5, 5.41) is 0. The number of aromatic nitrogens is 5. The molecular formula is C31H37F3N6O2. The van der Waals surface area contributed by atoms with Crippen LogP contribution in [0.4, 0.5) is 13.2 Å². The summed E-state index contributed by atoms with van der Waals surface area (Å²) in [5.41, 5.74) is 3.90. The van der Waals surface area contributed by atoms with Gasteiger partial charge in [0.05, 0.1) is 18.5 Å². The first kappa shape index (κ1) is 30.9. The molecule has 0 spiro atoms. The zero-order valence-corrected chi connectivity index (χ0v) is 25.1. The maximum atomic E-state index is 15.5. The highest BCUT2D eigenvalue weighted by atomic mass is 19.3. The summed E-state index contributed by atoms with van der Waals surface area (Å²) in [6.07, 6.45) is 7.03. The van der Waals surface area contributed by atoms with Gasteiger partial charge in [0.2, 0.25) is 11.8 Å². The highest BCUT2D eigenvalue weighted by molar-refractivity contribution is 5.67. The fraction of sp³-hybridized carbons (Fsp3) is 0.452. The zero-order valence-electron chi connectivity index (χ0n) is 25.1. The van der Waals surface area contributed by atoms with Crippen molar-refractivity contribution in [1.29, 1.82) is 0 Å². The number of pyridine rings is 1. The zero-order chi connectivity index (χ0) is 30.6. The maximum Gasteiger partial charge on any atom is 0.268 e.